The molecular weight excluding hydrogens is 362 g/mol. The Morgan fingerprint density at radius 1 is 1.32 bits per heavy atom. The molecule has 1 aliphatic rings. The number of hydrogen-bond acceptors (Lipinski definition) is 6. The highest BCUT2D eigenvalue weighted by atomic mass is 16.6. The Balaban J connectivity index is 1.62. The van der Waals surface area contributed by atoms with Crippen molar-refractivity contribution < 1.29 is 14.5 Å². The van der Waals surface area contributed by atoms with Gasteiger partial charge in [0.15, 0.2) is 0 Å². The summed E-state index contributed by atoms with van der Waals surface area (Å²) in [5, 5.41) is 15.0. The predicted octanol–water partition coefficient (Wildman–Crippen LogP) is 2.38. The molecule has 1 aliphatic heterocycles. The average Bonchev–Trinajstić information content (AvgIpc) is 3.04. The van der Waals surface area contributed by atoms with Gasteiger partial charge in [0.1, 0.15) is 11.9 Å². The molecule has 0 bridgehead atoms. The van der Waals surface area contributed by atoms with Gasteiger partial charge < -0.3 is 19.5 Å². The highest BCUT2D eigenvalue weighted by molar-refractivity contribution is 5.83. The van der Waals surface area contributed by atoms with Crippen LogP contribution in [0.15, 0.2) is 42.6 Å². The molecule has 1 fully saturated rings. The minimum atomic E-state index is -0.503. The van der Waals surface area contributed by atoms with Gasteiger partial charge in [-0.25, -0.2) is 4.98 Å². The summed E-state index contributed by atoms with van der Waals surface area (Å²) in [5.41, 5.74) is 1.98. The number of carbonyl (C=O) groups is 1. The number of benzene rings is 1. The minimum absolute atomic E-state index is 0.0237. The fraction of sp³-hybridized carbons (Fsp3) is 0.263. The van der Waals surface area contributed by atoms with Gasteiger partial charge in [-0.3, -0.25) is 14.9 Å². The summed E-state index contributed by atoms with van der Waals surface area (Å²) in [4.78, 5) is 27.4. The predicted molar refractivity (Wildman–Crippen MR) is 102 cm³/mol. The van der Waals surface area contributed by atoms with Crippen molar-refractivity contribution in [2.24, 2.45) is 7.05 Å². The maximum absolute atomic E-state index is 11.4. The van der Waals surface area contributed by atoms with Crippen LogP contribution >= 0.6 is 0 Å². The molecule has 9 heteroatoms. The molecule has 4 rings (SSSR count). The lowest BCUT2D eigenvalue weighted by atomic mass is 10.1. The number of carbonyl (C=O) groups excluding carboxylic acids is 1. The molecule has 3 heterocycles. The smallest absolute Gasteiger partial charge is 0.287 e. The number of nitro groups is 1. The second-order valence-corrected chi connectivity index (χ2v) is 6.63. The van der Waals surface area contributed by atoms with E-state index in [1.807, 2.05) is 30.1 Å². The third kappa shape index (κ3) is 3.27. The summed E-state index contributed by atoms with van der Waals surface area (Å²) >= 11 is 0. The van der Waals surface area contributed by atoms with E-state index in [-0.39, 0.29) is 17.6 Å². The number of piperazine rings is 1. The van der Waals surface area contributed by atoms with Crippen molar-refractivity contribution in [3.05, 3.63) is 58.4 Å². The van der Waals surface area contributed by atoms with Crippen LogP contribution in [0, 0.1) is 10.1 Å². The monoisotopic (exact) mass is 381 g/mol. The van der Waals surface area contributed by atoms with Crippen molar-refractivity contribution in [2.45, 2.75) is 6.04 Å². The number of amides is 1. The van der Waals surface area contributed by atoms with E-state index in [1.54, 1.807) is 0 Å². The van der Waals surface area contributed by atoms with Gasteiger partial charge in [-0.2, -0.15) is 0 Å². The standard InChI is InChI=1S/C19H19N5O4/c1-22-16-4-3-15(28-19-5-2-14(10-21-19)24(26)27)8-13(16)9-17(22)18-11-20-6-7-23(18)12-25/h2-5,8-10,12,18,20H,6-7,11H2,1H3. The van der Waals surface area contributed by atoms with Crippen molar-refractivity contribution in [1.82, 2.24) is 19.8 Å². The van der Waals surface area contributed by atoms with E-state index in [9.17, 15) is 14.9 Å². The number of aryl methyl sites for hydroxylation is 1. The van der Waals surface area contributed by atoms with Crippen LogP contribution in [0.3, 0.4) is 0 Å². The molecule has 3 aromatic rings. The second-order valence-electron chi connectivity index (χ2n) is 6.63. The highest BCUT2D eigenvalue weighted by Gasteiger charge is 2.25. The molecule has 0 spiro atoms. The Hall–Kier alpha value is -3.46. The SMILES string of the molecule is Cn1c(C2CNCCN2C=O)cc2cc(Oc3ccc([N+](=O)[O-])cn3)ccc21. The van der Waals surface area contributed by atoms with E-state index in [0.717, 1.165) is 29.6 Å². The lowest BCUT2D eigenvalue weighted by Crippen LogP contribution is -2.45. The number of ether oxygens (including phenoxy) is 1. The topological polar surface area (TPSA) is 103 Å². The van der Waals surface area contributed by atoms with E-state index in [4.69, 9.17) is 4.74 Å². The number of hydrogen-bond donors (Lipinski definition) is 1. The number of aromatic nitrogens is 2. The van der Waals surface area contributed by atoms with Gasteiger partial charge in [0.25, 0.3) is 5.69 Å². The van der Waals surface area contributed by atoms with Crippen LogP contribution in [0.4, 0.5) is 5.69 Å². The minimum Gasteiger partial charge on any atom is -0.439 e. The van der Waals surface area contributed by atoms with Gasteiger partial charge in [-0.1, -0.05) is 0 Å². The first kappa shape index (κ1) is 17.9. The number of fused-ring (bicyclic) bond motifs is 1. The molecule has 9 nitrogen and oxygen atoms in total. The van der Waals surface area contributed by atoms with Gasteiger partial charge in [0.2, 0.25) is 12.3 Å². The van der Waals surface area contributed by atoms with Crippen LogP contribution in [0.25, 0.3) is 10.9 Å². The van der Waals surface area contributed by atoms with Crippen molar-refractivity contribution in [3.8, 4) is 11.6 Å². The highest BCUT2D eigenvalue weighted by Crippen LogP contribution is 2.31. The number of rotatable bonds is 5. The quantitative estimate of drug-likeness (QED) is 0.414. The van der Waals surface area contributed by atoms with E-state index < -0.39 is 4.92 Å². The van der Waals surface area contributed by atoms with Gasteiger partial charge >= 0.3 is 0 Å². The third-order valence-corrected chi connectivity index (χ3v) is 4.97. The zero-order valence-corrected chi connectivity index (χ0v) is 15.2. The van der Waals surface area contributed by atoms with Crippen molar-refractivity contribution >= 4 is 23.0 Å². The zero-order chi connectivity index (χ0) is 19.7. The van der Waals surface area contributed by atoms with Gasteiger partial charge in [-0.05, 0) is 24.3 Å². The van der Waals surface area contributed by atoms with Gasteiger partial charge in [0.05, 0.1) is 11.0 Å². The Bertz CT molecular complexity index is 1030. The molecule has 0 saturated carbocycles. The maximum Gasteiger partial charge on any atom is 0.287 e. The fourth-order valence-electron chi connectivity index (χ4n) is 3.51. The molecule has 2 aromatic heterocycles. The molecule has 1 atom stereocenters. The molecule has 1 N–H and O–H groups in total. The molecule has 1 saturated heterocycles. The summed E-state index contributed by atoms with van der Waals surface area (Å²) in [5.74, 6) is 0.865. The lowest BCUT2D eigenvalue weighted by Gasteiger charge is -2.33. The van der Waals surface area contributed by atoms with Crippen molar-refractivity contribution in [2.75, 3.05) is 19.6 Å². The normalized spacial score (nSPS) is 16.9. The van der Waals surface area contributed by atoms with Crippen LogP contribution < -0.4 is 10.1 Å². The van der Waals surface area contributed by atoms with Crippen LogP contribution in [0.5, 0.6) is 11.6 Å². The van der Waals surface area contributed by atoms with Crippen LogP contribution in [-0.2, 0) is 11.8 Å². The molecule has 1 aromatic carbocycles. The molecule has 28 heavy (non-hydrogen) atoms. The molecule has 0 radical (unpaired) electrons. The fourth-order valence-corrected chi connectivity index (χ4v) is 3.51. The Morgan fingerprint density at radius 2 is 2.18 bits per heavy atom. The first-order chi connectivity index (χ1) is 13.6. The summed E-state index contributed by atoms with van der Waals surface area (Å²) < 4.78 is 7.82. The molecule has 0 aliphatic carbocycles. The second kappa shape index (κ2) is 7.28. The van der Waals surface area contributed by atoms with Crippen LogP contribution in [0.1, 0.15) is 11.7 Å². The molecular formula is C19H19N5O4. The summed E-state index contributed by atoms with van der Waals surface area (Å²) in [7, 11) is 1.98. The van der Waals surface area contributed by atoms with E-state index >= 15 is 0 Å². The molecule has 1 amide bonds. The summed E-state index contributed by atoms with van der Waals surface area (Å²) in [6.45, 7) is 2.17. The van der Waals surface area contributed by atoms with Crippen molar-refractivity contribution in [1.29, 1.82) is 0 Å². The van der Waals surface area contributed by atoms with Crippen molar-refractivity contribution in [3.63, 3.8) is 0 Å². The van der Waals surface area contributed by atoms with E-state index in [0.29, 0.717) is 18.8 Å². The molecule has 1 unspecified atom stereocenters. The third-order valence-electron chi connectivity index (χ3n) is 4.97. The first-order valence-electron chi connectivity index (χ1n) is 8.86. The Morgan fingerprint density at radius 3 is 2.89 bits per heavy atom. The zero-order valence-electron chi connectivity index (χ0n) is 15.2. The summed E-state index contributed by atoms with van der Waals surface area (Å²) in [6, 6.07) is 10.5. The average molecular weight is 381 g/mol. The van der Waals surface area contributed by atoms with Crippen LogP contribution in [-0.4, -0.2) is 45.4 Å². The number of nitrogens with one attached hydrogen (secondary N) is 1. The van der Waals surface area contributed by atoms with E-state index in [2.05, 4.69) is 20.9 Å². The Kier molecular flexibility index (Phi) is 4.66. The largest absolute Gasteiger partial charge is 0.439 e. The summed E-state index contributed by atoms with van der Waals surface area (Å²) in [6.07, 6.45) is 2.07. The van der Waals surface area contributed by atoms with E-state index in [1.165, 1.54) is 18.3 Å². The maximum atomic E-state index is 11.4. The Labute approximate surface area is 160 Å². The first-order valence-corrected chi connectivity index (χ1v) is 8.86. The molecule has 144 valence electrons. The van der Waals surface area contributed by atoms with Crippen LogP contribution in [0.2, 0.25) is 0 Å². The lowest BCUT2D eigenvalue weighted by molar-refractivity contribution is -0.385. The number of nitrogens with zero attached hydrogens (tertiary/aromatic N) is 4. The van der Waals surface area contributed by atoms with Gasteiger partial charge in [-0.15, -0.1) is 0 Å². The van der Waals surface area contributed by atoms with Gasteiger partial charge in [0, 0.05) is 55.4 Å². The number of pyridine rings is 1.